The summed E-state index contributed by atoms with van der Waals surface area (Å²) in [6, 6.07) is 21.6. The van der Waals surface area contributed by atoms with E-state index in [-0.39, 0.29) is 18.4 Å². The van der Waals surface area contributed by atoms with E-state index in [4.69, 9.17) is 9.68 Å². The fourth-order valence-electron chi connectivity index (χ4n) is 2.95. The van der Waals surface area contributed by atoms with Crippen LogP contribution >= 0.6 is 0 Å². The standard InChI is InChI=1S/C23H22N4O3/c24-13-7-14-27(16-19-10-6-15-30-19)17-22(28)26-21-12-5-4-11-20(21)23(29)25-18-8-2-1-3-9-18/h1-6,8-12,15H,7,14,16-17H2,(H,25,29)(H,26,28). The SMILES string of the molecule is N#CCCN(CC(=O)Nc1ccccc1C(=O)Nc1ccccc1)Cc1ccco1. The first kappa shape index (κ1) is 20.8. The number of amides is 2. The van der Waals surface area contributed by atoms with Crippen LogP contribution in [0.15, 0.2) is 77.4 Å². The molecule has 3 aromatic rings. The van der Waals surface area contributed by atoms with E-state index in [1.54, 1.807) is 48.7 Å². The average Bonchev–Trinajstić information content (AvgIpc) is 3.26. The highest BCUT2D eigenvalue weighted by Gasteiger charge is 2.16. The maximum Gasteiger partial charge on any atom is 0.257 e. The van der Waals surface area contributed by atoms with E-state index in [9.17, 15) is 9.59 Å². The minimum absolute atomic E-state index is 0.0665. The first-order valence-electron chi connectivity index (χ1n) is 9.52. The molecule has 1 aromatic heterocycles. The molecule has 3 rings (SSSR count). The molecule has 2 aromatic carbocycles. The number of carbonyl (C=O) groups is 2. The first-order chi connectivity index (χ1) is 14.7. The molecule has 7 nitrogen and oxygen atoms in total. The van der Waals surface area contributed by atoms with Gasteiger partial charge in [-0.2, -0.15) is 5.26 Å². The molecule has 0 aliphatic carbocycles. The minimum atomic E-state index is -0.311. The van der Waals surface area contributed by atoms with Crippen LogP contribution in [-0.2, 0) is 11.3 Å². The third kappa shape index (κ3) is 6.06. The fraction of sp³-hybridized carbons (Fsp3) is 0.174. The van der Waals surface area contributed by atoms with Crippen molar-refractivity contribution in [1.29, 1.82) is 5.26 Å². The molecule has 0 saturated heterocycles. The van der Waals surface area contributed by atoms with Gasteiger partial charge in [-0.05, 0) is 36.4 Å². The van der Waals surface area contributed by atoms with Crippen LogP contribution in [-0.4, -0.2) is 29.8 Å². The molecule has 0 radical (unpaired) electrons. The number of hydrogen-bond acceptors (Lipinski definition) is 5. The van der Waals surface area contributed by atoms with Crippen LogP contribution in [0.25, 0.3) is 0 Å². The van der Waals surface area contributed by atoms with Crippen LogP contribution in [0.4, 0.5) is 11.4 Å². The second kappa shape index (κ2) is 10.6. The summed E-state index contributed by atoms with van der Waals surface area (Å²) in [6.45, 7) is 0.913. The highest BCUT2D eigenvalue weighted by molar-refractivity contribution is 6.10. The van der Waals surface area contributed by atoms with Crippen molar-refractivity contribution in [2.24, 2.45) is 0 Å². The van der Waals surface area contributed by atoms with Gasteiger partial charge >= 0.3 is 0 Å². The molecule has 0 bridgehead atoms. The molecule has 2 amide bonds. The lowest BCUT2D eigenvalue weighted by atomic mass is 10.1. The van der Waals surface area contributed by atoms with Gasteiger partial charge in [-0.15, -0.1) is 0 Å². The number of para-hydroxylation sites is 2. The van der Waals surface area contributed by atoms with Gasteiger partial charge in [0.25, 0.3) is 5.91 Å². The second-order valence-corrected chi connectivity index (χ2v) is 6.61. The summed E-state index contributed by atoms with van der Waals surface area (Å²) in [5, 5.41) is 14.5. The Kier molecular flexibility index (Phi) is 7.36. The number of nitrogens with zero attached hydrogens (tertiary/aromatic N) is 2. The van der Waals surface area contributed by atoms with Crippen molar-refractivity contribution < 1.29 is 14.0 Å². The Balaban J connectivity index is 1.66. The smallest absolute Gasteiger partial charge is 0.257 e. The number of hydrogen-bond donors (Lipinski definition) is 2. The van der Waals surface area contributed by atoms with E-state index in [0.29, 0.717) is 42.2 Å². The van der Waals surface area contributed by atoms with Crippen molar-refractivity contribution in [1.82, 2.24) is 4.90 Å². The van der Waals surface area contributed by atoms with Crippen LogP contribution in [0.2, 0.25) is 0 Å². The van der Waals surface area contributed by atoms with Crippen molar-refractivity contribution in [2.75, 3.05) is 23.7 Å². The number of nitrogens with one attached hydrogen (secondary N) is 2. The number of furan rings is 1. The molecule has 2 N–H and O–H groups in total. The fourth-order valence-corrected chi connectivity index (χ4v) is 2.95. The first-order valence-corrected chi connectivity index (χ1v) is 9.52. The second-order valence-electron chi connectivity index (χ2n) is 6.61. The number of carbonyl (C=O) groups excluding carboxylic acids is 2. The predicted molar refractivity (Wildman–Crippen MR) is 114 cm³/mol. The summed E-state index contributed by atoms with van der Waals surface area (Å²) < 4.78 is 5.34. The Bertz CT molecular complexity index is 1010. The predicted octanol–water partition coefficient (Wildman–Crippen LogP) is 3.89. The maximum absolute atomic E-state index is 12.7. The average molecular weight is 402 g/mol. The molecule has 152 valence electrons. The molecule has 0 aliphatic rings. The van der Waals surface area contributed by atoms with Crippen molar-refractivity contribution in [3.8, 4) is 6.07 Å². The molecular formula is C23H22N4O3. The maximum atomic E-state index is 12.7. The summed E-state index contributed by atoms with van der Waals surface area (Å²) in [5.74, 6) is 0.122. The van der Waals surface area contributed by atoms with Crippen LogP contribution < -0.4 is 10.6 Å². The largest absolute Gasteiger partial charge is 0.468 e. The molecule has 0 unspecified atom stereocenters. The summed E-state index contributed by atoms with van der Waals surface area (Å²) in [6.07, 6.45) is 1.86. The van der Waals surface area contributed by atoms with Gasteiger partial charge in [0, 0.05) is 18.7 Å². The molecule has 30 heavy (non-hydrogen) atoms. The van der Waals surface area contributed by atoms with E-state index >= 15 is 0 Å². The Morgan fingerprint density at radius 1 is 0.967 bits per heavy atom. The Labute approximate surface area is 174 Å². The lowest BCUT2D eigenvalue weighted by Gasteiger charge is -2.20. The lowest BCUT2D eigenvalue weighted by molar-refractivity contribution is -0.117. The van der Waals surface area contributed by atoms with Crippen LogP contribution in [0, 0.1) is 11.3 Å². The van der Waals surface area contributed by atoms with Crippen LogP contribution in [0.1, 0.15) is 22.5 Å². The topological polar surface area (TPSA) is 98.4 Å². The molecular weight excluding hydrogens is 380 g/mol. The van der Waals surface area contributed by atoms with E-state index < -0.39 is 0 Å². The van der Waals surface area contributed by atoms with Gasteiger partial charge in [0.05, 0.1) is 36.7 Å². The molecule has 0 spiro atoms. The van der Waals surface area contributed by atoms with E-state index in [1.165, 1.54) is 0 Å². The van der Waals surface area contributed by atoms with Gasteiger partial charge in [-0.25, -0.2) is 0 Å². The molecule has 1 heterocycles. The molecule has 0 atom stereocenters. The van der Waals surface area contributed by atoms with Gasteiger partial charge in [-0.3, -0.25) is 14.5 Å². The summed E-state index contributed by atoms with van der Waals surface area (Å²) in [4.78, 5) is 27.1. The zero-order valence-electron chi connectivity index (χ0n) is 16.4. The highest BCUT2D eigenvalue weighted by Crippen LogP contribution is 2.18. The van der Waals surface area contributed by atoms with Crippen LogP contribution in [0.3, 0.4) is 0 Å². The van der Waals surface area contributed by atoms with Gasteiger partial charge in [0.1, 0.15) is 5.76 Å². The number of benzene rings is 2. The Morgan fingerprint density at radius 2 is 1.73 bits per heavy atom. The van der Waals surface area contributed by atoms with Crippen molar-refractivity contribution in [3.63, 3.8) is 0 Å². The Morgan fingerprint density at radius 3 is 2.47 bits per heavy atom. The zero-order chi connectivity index (χ0) is 21.2. The normalized spacial score (nSPS) is 10.4. The van der Waals surface area contributed by atoms with Crippen molar-refractivity contribution in [2.45, 2.75) is 13.0 Å². The molecule has 0 saturated carbocycles. The van der Waals surface area contributed by atoms with E-state index in [0.717, 1.165) is 0 Å². The van der Waals surface area contributed by atoms with E-state index in [1.807, 2.05) is 29.2 Å². The monoisotopic (exact) mass is 402 g/mol. The van der Waals surface area contributed by atoms with Gasteiger partial charge in [0.2, 0.25) is 5.91 Å². The minimum Gasteiger partial charge on any atom is -0.468 e. The summed E-state index contributed by atoms with van der Waals surface area (Å²) in [5.41, 5.74) is 1.46. The molecule has 0 fully saturated rings. The van der Waals surface area contributed by atoms with Crippen LogP contribution in [0.5, 0.6) is 0 Å². The van der Waals surface area contributed by atoms with Gasteiger partial charge in [-0.1, -0.05) is 30.3 Å². The lowest BCUT2D eigenvalue weighted by Crippen LogP contribution is -2.34. The van der Waals surface area contributed by atoms with Crippen molar-refractivity contribution in [3.05, 3.63) is 84.3 Å². The van der Waals surface area contributed by atoms with Crippen molar-refractivity contribution >= 4 is 23.2 Å². The quantitative estimate of drug-likeness (QED) is 0.566. The van der Waals surface area contributed by atoms with Gasteiger partial charge in [0.15, 0.2) is 0 Å². The highest BCUT2D eigenvalue weighted by atomic mass is 16.3. The summed E-state index contributed by atoms with van der Waals surface area (Å²) >= 11 is 0. The number of rotatable bonds is 9. The zero-order valence-corrected chi connectivity index (χ0v) is 16.4. The third-order valence-corrected chi connectivity index (χ3v) is 4.34. The summed E-state index contributed by atoms with van der Waals surface area (Å²) in [7, 11) is 0. The van der Waals surface area contributed by atoms with E-state index in [2.05, 4.69) is 16.7 Å². The molecule has 7 heteroatoms. The Hall–Kier alpha value is -3.89. The number of nitriles is 1. The third-order valence-electron chi connectivity index (χ3n) is 4.34. The van der Waals surface area contributed by atoms with Gasteiger partial charge < -0.3 is 15.1 Å². The number of anilines is 2. The molecule has 0 aliphatic heterocycles.